The smallest absolute Gasteiger partial charge is 0.290 e. The van der Waals surface area contributed by atoms with Crippen molar-refractivity contribution in [2.24, 2.45) is 4.99 Å². The molecule has 0 spiro atoms. The number of hydrogen-bond donors (Lipinski definition) is 0. The van der Waals surface area contributed by atoms with Crippen molar-refractivity contribution in [3.05, 3.63) is 86.1 Å². The fraction of sp³-hybridized carbons (Fsp3) is 0. The minimum atomic E-state index is -0.522. The standard InChI is InChI=1S/C17H11BrClN3O2/c18-12-3-6-14(7-4-12)21-9-1-2-15(21)11-20-13-5-8-16(19)17(10-13)22(23)24/h1-11H. The van der Waals surface area contributed by atoms with E-state index in [1.165, 1.54) is 12.1 Å². The first-order chi connectivity index (χ1) is 11.5. The van der Waals surface area contributed by atoms with E-state index in [0.29, 0.717) is 5.69 Å². The summed E-state index contributed by atoms with van der Waals surface area (Å²) in [5, 5.41) is 11.0. The highest BCUT2D eigenvalue weighted by molar-refractivity contribution is 9.10. The van der Waals surface area contributed by atoms with E-state index >= 15 is 0 Å². The number of aliphatic imine (C=N–C) groups is 1. The Hall–Kier alpha value is -2.44. The maximum absolute atomic E-state index is 10.9. The Morgan fingerprint density at radius 3 is 2.62 bits per heavy atom. The van der Waals surface area contributed by atoms with E-state index in [1.807, 2.05) is 47.2 Å². The molecule has 0 radical (unpaired) electrons. The first kappa shape index (κ1) is 16.4. The number of nitro benzene ring substituents is 1. The monoisotopic (exact) mass is 403 g/mol. The second-order valence-corrected chi connectivity index (χ2v) is 6.25. The Balaban J connectivity index is 1.91. The number of nitro groups is 1. The Morgan fingerprint density at radius 2 is 1.92 bits per heavy atom. The molecule has 0 atom stereocenters. The molecule has 0 unspecified atom stereocenters. The van der Waals surface area contributed by atoms with Crippen LogP contribution in [0.3, 0.4) is 0 Å². The van der Waals surface area contributed by atoms with Crippen molar-refractivity contribution in [1.82, 2.24) is 4.57 Å². The molecule has 1 aromatic heterocycles. The summed E-state index contributed by atoms with van der Waals surface area (Å²) in [6.45, 7) is 0. The van der Waals surface area contributed by atoms with Crippen molar-refractivity contribution in [2.45, 2.75) is 0 Å². The number of rotatable bonds is 4. The molecule has 120 valence electrons. The van der Waals surface area contributed by atoms with E-state index in [9.17, 15) is 10.1 Å². The first-order valence-corrected chi connectivity index (χ1v) is 8.13. The van der Waals surface area contributed by atoms with Gasteiger partial charge < -0.3 is 4.57 Å². The summed E-state index contributed by atoms with van der Waals surface area (Å²) >= 11 is 9.22. The maximum atomic E-state index is 10.9. The Labute approximate surface area is 151 Å². The largest absolute Gasteiger partial charge is 0.316 e. The highest BCUT2D eigenvalue weighted by atomic mass is 79.9. The Morgan fingerprint density at radius 1 is 1.17 bits per heavy atom. The molecule has 0 saturated heterocycles. The molecule has 3 aromatic rings. The summed E-state index contributed by atoms with van der Waals surface area (Å²) in [6.07, 6.45) is 3.59. The maximum Gasteiger partial charge on any atom is 0.290 e. The van der Waals surface area contributed by atoms with Crippen LogP contribution in [0, 0.1) is 10.1 Å². The van der Waals surface area contributed by atoms with E-state index in [1.54, 1.807) is 12.3 Å². The van der Waals surface area contributed by atoms with Gasteiger partial charge in [-0.25, -0.2) is 0 Å². The molecule has 0 amide bonds. The molecule has 24 heavy (non-hydrogen) atoms. The molecule has 0 fully saturated rings. The quantitative estimate of drug-likeness (QED) is 0.325. The van der Waals surface area contributed by atoms with Crippen LogP contribution in [0.25, 0.3) is 5.69 Å². The van der Waals surface area contributed by atoms with E-state index in [0.717, 1.165) is 15.9 Å². The van der Waals surface area contributed by atoms with Crippen LogP contribution >= 0.6 is 27.5 Å². The van der Waals surface area contributed by atoms with Crippen molar-refractivity contribution >= 4 is 45.1 Å². The van der Waals surface area contributed by atoms with Crippen LogP contribution in [0.15, 0.2) is 70.3 Å². The summed E-state index contributed by atoms with van der Waals surface area (Å²) < 4.78 is 2.97. The van der Waals surface area contributed by atoms with E-state index in [4.69, 9.17) is 11.6 Å². The molecule has 7 heteroatoms. The van der Waals surface area contributed by atoms with Crippen LogP contribution < -0.4 is 0 Å². The summed E-state index contributed by atoms with van der Waals surface area (Å²) in [7, 11) is 0. The molecular weight excluding hydrogens is 394 g/mol. The van der Waals surface area contributed by atoms with Gasteiger partial charge in [-0.3, -0.25) is 15.1 Å². The van der Waals surface area contributed by atoms with Gasteiger partial charge in [0, 0.05) is 22.4 Å². The van der Waals surface area contributed by atoms with Gasteiger partial charge in [0.15, 0.2) is 0 Å². The predicted octanol–water partition coefficient (Wildman–Crippen LogP) is 5.55. The number of halogens is 2. The molecule has 0 aliphatic rings. The van der Waals surface area contributed by atoms with Crippen molar-refractivity contribution in [2.75, 3.05) is 0 Å². The zero-order chi connectivity index (χ0) is 17.1. The number of benzene rings is 2. The molecule has 5 nitrogen and oxygen atoms in total. The minimum Gasteiger partial charge on any atom is -0.316 e. The van der Waals surface area contributed by atoms with Crippen molar-refractivity contribution in [3.8, 4) is 5.69 Å². The van der Waals surface area contributed by atoms with Gasteiger partial charge in [-0.15, -0.1) is 0 Å². The minimum absolute atomic E-state index is 0.0946. The lowest BCUT2D eigenvalue weighted by Crippen LogP contribution is -1.97. The Kier molecular flexibility index (Phi) is 4.78. The van der Waals surface area contributed by atoms with Crippen LogP contribution in [0.4, 0.5) is 11.4 Å². The SMILES string of the molecule is O=[N+]([O-])c1cc(N=Cc2cccn2-c2ccc(Br)cc2)ccc1Cl. The lowest BCUT2D eigenvalue weighted by atomic mass is 10.3. The van der Waals surface area contributed by atoms with Crippen LogP contribution in [0.2, 0.25) is 5.02 Å². The van der Waals surface area contributed by atoms with Crippen molar-refractivity contribution in [3.63, 3.8) is 0 Å². The van der Waals surface area contributed by atoms with Gasteiger partial charge >= 0.3 is 0 Å². The molecular formula is C17H11BrClN3O2. The van der Waals surface area contributed by atoms with Gasteiger partial charge in [-0.05, 0) is 48.5 Å². The number of hydrogen-bond acceptors (Lipinski definition) is 3. The molecule has 2 aromatic carbocycles. The topological polar surface area (TPSA) is 60.4 Å². The lowest BCUT2D eigenvalue weighted by Gasteiger charge is -2.06. The van der Waals surface area contributed by atoms with E-state index in [2.05, 4.69) is 20.9 Å². The molecule has 3 rings (SSSR count). The molecule has 0 saturated carbocycles. The number of nitrogens with zero attached hydrogens (tertiary/aromatic N) is 3. The fourth-order valence-corrected chi connectivity index (χ4v) is 2.65. The predicted molar refractivity (Wildman–Crippen MR) is 98.8 cm³/mol. The zero-order valence-electron chi connectivity index (χ0n) is 12.3. The van der Waals surface area contributed by atoms with Gasteiger partial charge in [0.2, 0.25) is 0 Å². The third-order valence-corrected chi connectivity index (χ3v) is 4.21. The molecule has 0 bridgehead atoms. The van der Waals surface area contributed by atoms with E-state index < -0.39 is 4.92 Å². The van der Waals surface area contributed by atoms with Crippen LogP contribution in [0.5, 0.6) is 0 Å². The van der Waals surface area contributed by atoms with Gasteiger partial charge in [-0.2, -0.15) is 0 Å². The second kappa shape index (κ2) is 6.98. The van der Waals surface area contributed by atoms with Gasteiger partial charge in [-0.1, -0.05) is 27.5 Å². The van der Waals surface area contributed by atoms with Gasteiger partial charge in [0.1, 0.15) is 5.02 Å². The molecule has 0 N–H and O–H groups in total. The summed E-state index contributed by atoms with van der Waals surface area (Å²) in [5.74, 6) is 0. The summed E-state index contributed by atoms with van der Waals surface area (Å²) in [5.41, 5.74) is 2.16. The van der Waals surface area contributed by atoms with Crippen LogP contribution in [-0.4, -0.2) is 15.7 Å². The Bertz CT molecular complexity index is 920. The molecule has 0 aliphatic carbocycles. The third-order valence-electron chi connectivity index (χ3n) is 3.36. The van der Waals surface area contributed by atoms with Gasteiger partial charge in [0.25, 0.3) is 5.69 Å². The number of aromatic nitrogens is 1. The summed E-state index contributed by atoms with van der Waals surface area (Å²) in [6, 6.07) is 16.2. The third kappa shape index (κ3) is 3.55. The highest BCUT2D eigenvalue weighted by Crippen LogP contribution is 2.28. The lowest BCUT2D eigenvalue weighted by molar-refractivity contribution is -0.384. The summed E-state index contributed by atoms with van der Waals surface area (Å²) in [4.78, 5) is 14.7. The van der Waals surface area contributed by atoms with E-state index in [-0.39, 0.29) is 10.7 Å². The van der Waals surface area contributed by atoms with Crippen LogP contribution in [0.1, 0.15) is 5.69 Å². The van der Waals surface area contributed by atoms with Crippen molar-refractivity contribution < 1.29 is 4.92 Å². The normalized spacial score (nSPS) is 11.1. The zero-order valence-corrected chi connectivity index (χ0v) is 14.6. The van der Waals surface area contributed by atoms with Crippen molar-refractivity contribution in [1.29, 1.82) is 0 Å². The second-order valence-electron chi connectivity index (χ2n) is 4.93. The fourth-order valence-electron chi connectivity index (χ4n) is 2.20. The average molecular weight is 405 g/mol. The van der Waals surface area contributed by atoms with Crippen LogP contribution in [-0.2, 0) is 0 Å². The highest BCUT2D eigenvalue weighted by Gasteiger charge is 2.12. The first-order valence-electron chi connectivity index (χ1n) is 6.96. The average Bonchev–Trinajstić information content (AvgIpc) is 3.03. The molecule has 0 aliphatic heterocycles. The van der Waals surface area contributed by atoms with Gasteiger partial charge in [0.05, 0.1) is 22.5 Å². The molecule has 1 heterocycles.